The normalized spacial score (nSPS) is 10.1. The molecule has 1 aromatic carbocycles. The molecule has 0 N–H and O–H groups in total. The molecule has 0 atom stereocenters. The first-order valence-corrected chi connectivity index (χ1v) is 4.93. The summed E-state index contributed by atoms with van der Waals surface area (Å²) in [5.74, 6) is 0. The molecule has 0 unspecified atom stereocenters. The standard InChI is InChI=1S/C11H8ClNO3/c12-10-3-1-8(2-4-10)11-9(5-15-7-14)6-16-13-11/h1-4,6-7H,5H2. The first-order valence-electron chi connectivity index (χ1n) is 4.55. The van der Waals surface area contributed by atoms with Gasteiger partial charge < -0.3 is 9.26 Å². The Morgan fingerprint density at radius 3 is 2.81 bits per heavy atom. The van der Waals surface area contributed by atoms with Crippen LogP contribution in [0.4, 0.5) is 0 Å². The van der Waals surface area contributed by atoms with E-state index in [1.807, 2.05) is 12.1 Å². The van der Waals surface area contributed by atoms with E-state index in [-0.39, 0.29) is 6.61 Å². The Kier molecular flexibility index (Phi) is 3.22. The smallest absolute Gasteiger partial charge is 0.293 e. The highest BCUT2D eigenvalue weighted by atomic mass is 35.5. The average Bonchev–Trinajstić information content (AvgIpc) is 2.75. The second-order valence-electron chi connectivity index (χ2n) is 3.10. The Labute approximate surface area is 96.8 Å². The summed E-state index contributed by atoms with van der Waals surface area (Å²) in [5.41, 5.74) is 2.23. The molecule has 1 aromatic heterocycles. The van der Waals surface area contributed by atoms with Gasteiger partial charge in [0.2, 0.25) is 0 Å². The Bertz CT molecular complexity index is 478. The first-order chi connectivity index (χ1) is 7.81. The maximum Gasteiger partial charge on any atom is 0.293 e. The van der Waals surface area contributed by atoms with E-state index in [1.54, 1.807) is 12.1 Å². The van der Waals surface area contributed by atoms with Crippen LogP contribution in [0.25, 0.3) is 11.3 Å². The lowest BCUT2D eigenvalue weighted by Crippen LogP contribution is -1.91. The molecule has 0 saturated heterocycles. The van der Waals surface area contributed by atoms with E-state index < -0.39 is 0 Å². The number of hydrogen-bond acceptors (Lipinski definition) is 4. The lowest BCUT2D eigenvalue weighted by atomic mass is 10.1. The Hall–Kier alpha value is -1.81. The van der Waals surface area contributed by atoms with Crippen LogP contribution >= 0.6 is 11.6 Å². The molecule has 5 heteroatoms. The third kappa shape index (κ3) is 2.23. The van der Waals surface area contributed by atoms with Gasteiger partial charge in [-0.3, -0.25) is 4.79 Å². The van der Waals surface area contributed by atoms with E-state index in [0.717, 1.165) is 11.1 Å². The summed E-state index contributed by atoms with van der Waals surface area (Å²) in [4.78, 5) is 10.1. The molecule has 1 heterocycles. The second kappa shape index (κ2) is 4.81. The third-order valence-corrected chi connectivity index (χ3v) is 2.32. The topological polar surface area (TPSA) is 52.3 Å². The number of hydrogen-bond donors (Lipinski definition) is 0. The zero-order chi connectivity index (χ0) is 11.4. The quantitative estimate of drug-likeness (QED) is 0.767. The highest BCUT2D eigenvalue weighted by Gasteiger charge is 2.10. The van der Waals surface area contributed by atoms with Crippen LogP contribution < -0.4 is 0 Å². The molecule has 4 nitrogen and oxygen atoms in total. The molecule has 16 heavy (non-hydrogen) atoms. The molecule has 0 radical (unpaired) electrons. The molecule has 0 fully saturated rings. The van der Waals surface area contributed by atoms with Crippen molar-refractivity contribution >= 4 is 18.1 Å². The maximum atomic E-state index is 10.1. The number of aromatic nitrogens is 1. The summed E-state index contributed by atoms with van der Waals surface area (Å²) >= 11 is 5.78. The van der Waals surface area contributed by atoms with E-state index in [9.17, 15) is 4.79 Å². The molecule has 0 aliphatic rings. The number of carbonyl (C=O) groups is 1. The molecular formula is C11H8ClNO3. The molecule has 0 aliphatic carbocycles. The van der Waals surface area contributed by atoms with Gasteiger partial charge in [-0.1, -0.05) is 28.9 Å². The number of rotatable bonds is 4. The molecule has 2 aromatic rings. The molecule has 82 valence electrons. The van der Waals surface area contributed by atoms with Crippen molar-refractivity contribution in [3.8, 4) is 11.3 Å². The SMILES string of the molecule is O=COCc1conc1-c1ccc(Cl)cc1. The van der Waals surface area contributed by atoms with Crippen LogP contribution in [-0.4, -0.2) is 11.6 Å². The number of benzene rings is 1. The minimum Gasteiger partial charge on any atom is -0.463 e. The van der Waals surface area contributed by atoms with Crippen molar-refractivity contribution in [3.63, 3.8) is 0 Å². The van der Waals surface area contributed by atoms with Crippen LogP contribution in [0.5, 0.6) is 0 Å². The largest absolute Gasteiger partial charge is 0.463 e. The minimum absolute atomic E-state index is 0.144. The fourth-order valence-electron chi connectivity index (χ4n) is 1.33. The van der Waals surface area contributed by atoms with E-state index in [1.165, 1.54) is 6.26 Å². The predicted molar refractivity (Wildman–Crippen MR) is 57.8 cm³/mol. The van der Waals surface area contributed by atoms with Gasteiger partial charge in [0.25, 0.3) is 6.47 Å². The van der Waals surface area contributed by atoms with Crippen LogP contribution in [-0.2, 0) is 16.1 Å². The van der Waals surface area contributed by atoms with Gasteiger partial charge in [-0.15, -0.1) is 0 Å². The summed E-state index contributed by atoms with van der Waals surface area (Å²) in [6.45, 7) is 0.531. The Morgan fingerprint density at radius 2 is 2.12 bits per heavy atom. The summed E-state index contributed by atoms with van der Waals surface area (Å²) in [5, 5.41) is 4.51. The number of carbonyl (C=O) groups excluding carboxylic acids is 1. The van der Waals surface area contributed by atoms with Gasteiger partial charge >= 0.3 is 0 Å². The summed E-state index contributed by atoms with van der Waals surface area (Å²) in [7, 11) is 0. The Morgan fingerprint density at radius 1 is 1.38 bits per heavy atom. The van der Waals surface area contributed by atoms with Crippen molar-refractivity contribution in [1.82, 2.24) is 5.16 Å². The lowest BCUT2D eigenvalue weighted by Gasteiger charge is -2.00. The summed E-state index contributed by atoms with van der Waals surface area (Å²) in [6.07, 6.45) is 1.45. The van der Waals surface area contributed by atoms with Crippen molar-refractivity contribution < 1.29 is 14.1 Å². The van der Waals surface area contributed by atoms with Gasteiger partial charge in [-0.25, -0.2) is 0 Å². The first kappa shape index (κ1) is 10.7. The van der Waals surface area contributed by atoms with E-state index in [2.05, 4.69) is 9.89 Å². The molecule has 0 aliphatic heterocycles. The molecular weight excluding hydrogens is 230 g/mol. The van der Waals surface area contributed by atoms with Crippen molar-refractivity contribution in [2.75, 3.05) is 0 Å². The van der Waals surface area contributed by atoms with Gasteiger partial charge in [0.05, 0.1) is 5.56 Å². The van der Waals surface area contributed by atoms with Crippen molar-refractivity contribution in [3.05, 3.63) is 41.1 Å². The van der Waals surface area contributed by atoms with Crippen LogP contribution in [0.15, 0.2) is 35.1 Å². The van der Waals surface area contributed by atoms with Crippen LogP contribution in [0.2, 0.25) is 5.02 Å². The molecule has 0 spiro atoms. The molecule has 0 amide bonds. The van der Waals surface area contributed by atoms with E-state index >= 15 is 0 Å². The van der Waals surface area contributed by atoms with Gasteiger partial charge in [-0.2, -0.15) is 0 Å². The van der Waals surface area contributed by atoms with E-state index in [0.29, 0.717) is 17.2 Å². The average molecular weight is 238 g/mol. The summed E-state index contributed by atoms with van der Waals surface area (Å²) < 4.78 is 9.51. The molecule has 0 bridgehead atoms. The number of nitrogens with zero attached hydrogens (tertiary/aromatic N) is 1. The summed E-state index contributed by atoms with van der Waals surface area (Å²) in [6, 6.07) is 7.17. The zero-order valence-corrected chi connectivity index (χ0v) is 8.98. The van der Waals surface area contributed by atoms with Gasteiger partial charge in [0, 0.05) is 10.6 Å². The fourth-order valence-corrected chi connectivity index (χ4v) is 1.46. The van der Waals surface area contributed by atoms with Crippen molar-refractivity contribution in [2.45, 2.75) is 6.61 Å². The van der Waals surface area contributed by atoms with Crippen LogP contribution in [0.1, 0.15) is 5.56 Å². The highest BCUT2D eigenvalue weighted by molar-refractivity contribution is 6.30. The van der Waals surface area contributed by atoms with Gasteiger partial charge in [0.15, 0.2) is 0 Å². The van der Waals surface area contributed by atoms with Gasteiger partial charge in [-0.05, 0) is 12.1 Å². The maximum absolute atomic E-state index is 10.1. The minimum atomic E-state index is 0.144. The number of halogens is 1. The monoisotopic (exact) mass is 237 g/mol. The Balaban J connectivity index is 2.29. The number of ether oxygens (including phenoxy) is 1. The zero-order valence-electron chi connectivity index (χ0n) is 8.22. The van der Waals surface area contributed by atoms with Gasteiger partial charge in [0.1, 0.15) is 18.6 Å². The molecule has 0 saturated carbocycles. The highest BCUT2D eigenvalue weighted by Crippen LogP contribution is 2.24. The van der Waals surface area contributed by atoms with Crippen LogP contribution in [0, 0.1) is 0 Å². The molecule has 2 rings (SSSR count). The second-order valence-corrected chi connectivity index (χ2v) is 3.54. The van der Waals surface area contributed by atoms with Crippen molar-refractivity contribution in [2.24, 2.45) is 0 Å². The third-order valence-electron chi connectivity index (χ3n) is 2.07. The van der Waals surface area contributed by atoms with E-state index in [4.69, 9.17) is 16.1 Å². The van der Waals surface area contributed by atoms with Crippen molar-refractivity contribution in [1.29, 1.82) is 0 Å². The predicted octanol–water partition coefficient (Wildman–Crippen LogP) is 2.67. The fraction of sp³-hybridized carbons (Fsp3) is 0.0909. The van der Waals surface area contributed by atoms with Crippen LogP contribution in [0.3, 0.4) is 0 Å². The lowest BCUT2D eigenvalue weighted by molar-refractivity contribution is -0.129.